The molecule has 0 saturated heterocycles. The molecule has 0 fully saturated rings. The van der Waals surface area contributed by atoms with E-state index in [1.54, 1.807) is 0 Å². The summed E-state index contributed by atoms with van der Waals surface area (Å²) in [7, 11) is 0. The molecule has 17 heavy (non-hydrogen) atoms. The molecule has 0 spiro atoms. The zero-order chi connectivity index (χ0) is 12.5. The lowest BCUT2D eigenvalue weighted by molar-refractivity contribution is -0.166. The number of benzene rings is 1. The molecule has 0 aliphatic heterocycles. The second-order valence-corrected chi connectivity index (χ2v) is 3.56. The van der Waals surface area contributed by atoms with E-state index in [4.69, 9.17) is 9.47 Å². The first-order valence-electron chi connectivity index (χ1n) is 5.57. The van der Waals surface area contributed by atoms with Crippen molar-refractivity contribution in [1.29, 1.82) is 0 Å². The summed E-state index contributed by atoms with van der Waals surface area (Å²) >= 11 is 0. The van der Waals surface area contributed by atoms with Crippen LogP contribution in [0.4, 0.5) is 0 Å². The zero-order valence-corrected chi connectivity index (χ0v) is 9.85. The quantitative estimate of drug-likeness (QED) is 0.560. The molecule has 4 nitrogen and oxygen atoms in total. The van der Waals surface area contributed by atoms with E-state index in [0.717, 1.165) is 12.0 Å². The molecule has 0 atom stereocenters. The van der Waals surface area contributed by atoms with Crippen LogP contribution in [0.25, 0.3) is 0 Å². The van der Waals surface area contributed by atoms with E-state index in [2.05, 4.69) is 0 Å². The normalized spacial score (nSPS) is 9.71. The number of esters is 2. The topological polar surface area (TPSA) is 52.6 Å². The Balaban J connectivity index is 2.20. The summed E-state index contributed by atoms with van der Waals surface area (Å²) in [5.74, 6) is -0.750. The van der Waals surface area contributed by atoms with E-state index in [9.17, 15) is 9.59 Å². The lowest BCUT2D eigenvalue weighted by Gasteiger charge is -2.05. The highest BCUT2D eigenvalue weighted by molar-refractivity contribution is 5.73. The highest BCUT2D eigenvalue weighted by atomic mass is 16.7. The van der Waals surface area contributed by atoms with E-state index in [1.165, 1.54) is 0 Å². The first kappa shape index (κ1) is 13.2. The Morgan fingerprint density at radius 3 is 2.35 bits per heavy atom. The summed E-state index contributed by atoms with van der Waals surface area (Å²) < 4.78 is 9.49. The molecule has 0 heterocycles. The Morgan fingerprint density at radius 2 is 1.71 bits per heavy atom. The van der Waals surface area contributed by atoms with Crippen LogP contribution in [0, 0.1) is 0 Å². The van der Waals surface area contributed by atoms with Gasteiger partial charge >= 0.3 is 11.9 Å². The first-order chi connectivity index (χ1) is 8.22. The fourth-order valence-corrected chi connectivity index (χ4v) is 1.25. The van der Waals surface area contributed by atoms with Crippen LogP contribution in [0.1, 0.15) is 25.3 Å². The van der Waals surface area contributed by atoms with E-state index >= 15 is 0 Å². The van der Waals surface area contributed by atoms with Gasteiger partial charge in [0.1, 0.15) is 0 Å². The maximum atomic E-state index is 11.3. The molecule has 0 saturated carbocycles. The molecule has 4 heteroatoms. The summed E-state index contributed by atoms with van der Waals surface area (Å²) in [6.07, 6.45) is 1.25. The summed E-state index contributed by atoms with van der Waals surface area (Å²) in [6.45, 7) is 1.58. The maximum Gasteiger partial charge on any atom is 0.313 e. The van der Waals surface area contributed by atoms with Gasteiger partial charge in [0, 0.05) is 6.42 Å². The fraction of sp³-hybridized carbons (Fsp3) is 0.385. The van der Waals surface area contributed by atoms with Gasteiger partial charge in [-0.15, -0.1) is 0 Å². The highest BCUT2D eigenvalue weighted by Gasteiger charge is 2.06. The lowest BCUT2D eigenvalue weighted by Crippen LogP contribution is -2.14. The molecular formula is C13H16O4. The Bertz CT molecular complexity index is 359. The number of rotatable bonds is 6. The van der Waals surface area contributed by atoms with Crippen molar-refractivity contribution in [3.8, 4) is 0 Å². The maximum absolute atomic E-state index is 11.3. The van der Waals surface area contributed by atoms with Crippen LogP contribution in [0.3, 0.4) is 0 Å². The largest absolute Gasteiger partial charge is 0.428 e. The first-order valence-corrected chi connectivity index (χ1v) is 5.57. The van der Waals surface area contributed by atoms with Gasteiger partial charge in [-0.2, -0.15) is 0 Å². The Labute approximate surface area is 101 Å². The number of carbonyl (C=O) groups excluding carboxylic acids is 2. The minimum absolute atomic E-state index is 0.187. The molecule has 1 aromatic carbocycles. The molecular weight excluding hydrogens is 220 g/mol. The van der Waals surface area contributed by atoms with E-state index in [-0.39, 0.29) is 19.2 Å². The highest BCUT2D eigenvalue weighted by Crippen LogP contribution is 2.01. The zero-order valence-electron chi connectivity index (χ0n) is 9.85. The van der Waals surface area contributed by atoms with Gasteiger partial charge in [0.15, 0.2) is 0 Å². The van der Waals surface area contributed by atoms with Crippen LogP contribution in [0.5, 0.6) is 0 Å². The molecule has 0 aliphatic rings. The molecule has 0 bridgehead atoms. The van der Waals surface area contributed by atoms with Crippen molar-refractivity contribution in [2.24, 2.45) is 0 Å². The number of ether oxygens (including phenoxy) is 2. The molecule has 0 radical (unpaired) electrons. The molecule has 0 aromatic heterocycles. The van der Waals surface area contributed by atoms with Crippen molar-refractivity contribution >= 4 is 11.9 Å². The fourth-order valence-electron chi connectivity index (χ4n) is 1.25. The minimum Gasteiger partial charge on any atom is -0.428 e. The van der Waals surface area contributed by atoms with Crippen LogP contribution < -0.4 is 0 Å². The predicted octanol–water partition coefficient (Wildman–Crippen LogP) is 2.07. The molecule has 1 rings (SSSR count). The number of hydrogen-bond acceptors (Lipinski definition) is 4. The van der Waals surface area contributed by atoms with Crippen molar-refractivity contribution in [2.45, 2.75) is 26.2 Å². The van der Waals surface area contributed by atoms with Crippen molar-refractivity contribution in [2.75, 3.05) is 6.79 Å². The third-order valence-electron chi connectivity index (χ3n) is 2.09. The Hall–Kier alpha value is -1.84. The van der Waals surface area contributed by atoms with Gasteiger partial charge in [-0.25, -0.2) is 0 Å². The number of hydrogen-bond donors (Lipinski definition) is 0. The third-order valence-corrected chi connectivity index (χ3v) is 2.09. The van der Waals surface area contributed by atoms with Crippen LogP contribution in [-0.2, 0) is 25.5 Å². The van der Waals surface area contributed by atoms with Crippen molar-refractivity contribution in [3.63, 3.8) is 0 Å². The molecule has 92 valence electrons. The second-order valence-electron chi connectivity index (χ2n) is 3.56. The van der Waals surface area contributed by atoms with Gasteiger partial charge in [0.2, 0.25) is 6.79 Å². The van der Waals surface area contributed by atoms with Gasteiger partial charge in [-0.1, -0.05) is 37.3 Å². The van der Waals surface area contributed by atoms with E-state index in [1.807, 2.05) is 37.3 Å². The average molecular weight is 236 g/mol. The standard InChI is InChI=1S/C13H16O4/c1-2-6-12(14)16-10-17-13(15)9-11-7-4-3-5-8-11/h3-5,7-8H,2,6,9-10H2,1H3. The minimum atomic E-state index is -0.402. The third kappa shape index (κ3) is 5.70. The van der Waals surface area contributed by atoms with Crippen molar-refractivity contribution in [3.05, 3.63) is 35.9 Å². The van der Waals surface area contributed by atoms with Crippen molar-refractivity contribution in [1.82, 2.24) is 0 Å². The molecule has 0 aliphatic carbocycles. The summed E-state index contributed by atoms with van der Waals surface area (Å²) in [5, 5.41) is 0. The van der Waals surface area contributed by atoms with Crippen LogP contribution in [0.2, 0.25) is 0 Å². The van der Waals surface area contributed by atoms with Crippen LogP contribution >= 0.6 is 0 Å². The molecule has 0 unspecified atom stereocenters. The smallest absolute Gasteiger partial charge is 0.313 e. The lowest BCUT2D eigenvalue weighted by atomic mass is 10.2. The predicted molar refractivity (Wildman–Crippen MR) is 62.1 cm³/mol. The Morgan fingerprint density at radius 1 is 1.06 bits per heavy atom. The molecule has 0 amide bonds. The second kappa shape index (κ2) is 7.44. The van der Waals surface area contributed by atoms with Gasteiger partial charge in [-0.3, -0.25) is 9.59 Å². The van der Waals surface area contributed by atoms with Crippen molar-refractivity contribution < 1.29 is 19.1 Å². The van der Waals surface area contributed by atoms with Gasteiger partial charge in [0.05, 0.1) is 6.42 Å². The summed E-state index contributed by atoms with van der Waals surface area (Å²) in [6, 6.07) is 9.25. The van der Waals surface area contributed by atoms with E-state index in [0.29, 0.717) is 6.42 Å². The van der Waals surface area contributed by atoms with Crippen LogP contribution in [0.15, 0.2) is 30.3 Å². The SMILES string of the molecule is CCCC(=O)OCOC(=O)Cc1ccccc1. The van der Waals surface area contributed by atoms with Gasteiger partial charge in [0.25, 0.3) is 0 Å². The Kier molecular flexibility index (Phi) is 5.79. The average Bonchev–Trinajstić information content (AvgIpc) is 2.30. The van der Waals surface area contributed by atoms with Gasteiger partial charge in [-0.05, 0) is 12.0 Å². The van der Waals surface area contributed by atoms with E-state index < -0.39 is 5.97 Å². The monoisotopic (exact) mass is 236 g/mol. The van der Waals surface area contributed by atoms with Crippen LogP contribution in [-0.4, -0.2) is 18.7 Å². The summed E-state index contributed by atoms with van der Waals surface area (Å²) in [5.41, 5.74) is 0.873. The number of carbonyl (C=O) groups is 2. The molecule has 0 N–H and O–H groups in total. The molecule has 1 aromatic rings. The summed E-state index contributed by atoms with van der Waals surface area (Å²) in [4.78, 5) is 22.3. The van der Waals surface area contributed by atoms with Gasteiger partial charge < -0.3 is 9.47 Å².